The number of hydrogen-bond donors (Lipinski definition) is 1. The van der Waals surface area contributed by atoms with E-state index in [1.807, 2.05) is 60.8 Å². The third-order valence-electron chi connectivity index (χ3n) is 3.96. The lowest BCUT2D eigenvalue weighted by molar-refractivity contribution is 0.411. The van der Waals surface area contributed by atoms with Crippen LogP contribution >= 0.6 is 11.8 Å². The second-order valence-electron chi connectivity index (χ2n) is 5.59. The average Bonchev–Trinajstić information content (AvgIpc) is 3.11. The monoisotopic (exact) mass is 347 g/mol. The molecule has 2 heterocycles. The zero-order valence-electron chi connectivity index (χ0n) is 13.8. The standard InChI is InChI=1S/C20H17N3OS/c1-24-18-10-9-14(20-22-16-6-2-3-7-17(16)23-20)12-15(18)13-25-19-8-4-5-11-21-19/h2-12H,13H2,1H3,(H,22,23). The van der Waals surface area contributed by atoms with Crippen LogP contribution in [0.2, 0.25) is 0 Å². The fourth-order valence-electron chi connectivity index (χ4n) is 2.71. The zero-order chi connectivity index (χ0) is 17.1. The van der Waals surface area contributed by atoms with Crippen LogP contribution in [0.15, 0.2) is 71.9 Å². The maximum absolute atomic E-state index is 5.52. The average molecular weight is 347 g/mol. The van der Waals surface area contributed by atoms with Gasteiger partial charge in [0.05, 0.1) is 23.2 Å². The van der Waals surface area contributed by atoms with Gasteiger partial charge in [-0.15, -0.1) is 11.8 Å². The smallest absolute Gasteiger partial charge is 0.138 e. The molecule has 0 bridgehead atoms. The number of aromatic nitrogens is 3. The third-order valence-corrected chi connectivity index (χ3v) is 4.95. The number of thioether (sulfide) groups is 1. The van der Waals surface area contributed by atoms with Crippen molar-refractivity contribution in [1.82, 2.24) is 15.0 Å². The van der Waals surface area contributed by atoms with Gasteiger partial charge in [-0.1, -0.05) is 18.2 Å². The van der Waals surface area contributed by atoms with Crippen molar-refractivity contribution in [3.05, 3.63) is 72.4 Å². The Balaban J connectivity index is 1.65. The number of aromatic amines is 1. The molecule has 0 aliphatic carbocycles. The molecule has 0 radical (unpaired) electrons. The number of fused-ring (bicyclic) bond motifs is 1. The largest absolute Gasteiger partial charge is 0.496 e. The zero-order valence-corrected chi connectivity index (χ0v) is 14.6. The van der Waals surface area contributed by atoms with Crippen LogP contribution in [0, 0.1) is 0 Å². The molecular weight excluding hydrogens is 330 g/mol. The first-order valence-corrected chi connectivity index (χ1v) is 8.98. The normalized spacial score (nSPS) is 10.9. The fourth-order valence-corrected chi connectivity index (χ4v) is 3.55. The molecule has 0 amide bonds. The molecule has 0 atom stereocenters. The van der Waals surface area contributed by atoms with Crippen molar-refractivity contribution < 1.29 is 4.74 Å². The van der Waals surface area contributed by atoms with Crippen LogP contribution in [0.1, 0.15) is 5.56 Å². The number of benzene rings is 2. The van der Waals surface area contributed by atoms with Crippen molar-refractivity contribution >= 4 is 22.8 Å². The van der Waals surface area contributed by atoms with Crippen LogP contribution in [0.25, 0.3) is 22.4 Å². The predicted octanol–water partition coefficient (Wildman–Crippen LogP) is 4.93. The van der Waals surface area contributed by atoms with E-state index in [0.717, 1.165) is 44.5 Å². The van der Waals surface area contributed by atoms with Gasteiger partial charge < -0.3 is 9.72 Å². The maximum Gasteiger partial charge on any atom is 0.138 e. The van der Waals surface area contributed by atoms with E-state index < -0.39 is 0 Å². The number of ether oxygens (including phenoxy) is 1. The van der Waals surface area contributed by atoms with Gasteiger partial charge in [-0.3, -0.25) is 0 Å². The first-order valence-electron chi connectivity index (χ1n) is 7.99. The number of pyridine rings is 1. The van der Waals surface area contributed by atoms with Gasteiger partial charge in [-0.05, 0) is 42.5 Å². The lowest BCUT2D eigenvalue weighted by Gasteiger charge is -2.09. The molecule has 0 aliphatic rings. The van der Waals surface area contributed by atoms with Crippen molar-refractivity contribution in [1.29, 1.82) is 0 Å². The molecule has 2 aromatic heterocycles. The van der Waals surface area contributed by atoms with Gasteiger partial charge >= 0.3 is 0 Å². The Morgan fingerprint density at radius 2 is 1.92 bits per heavy atom. The van der Waals surface area contributed by atoms with E-state index >= 15 is 0 Å². The summed E-state index contributed by atoms with van der Waals surface area (Å²) >= 11 is 1.69. The van der Waals surface area contributed by atoms with Gasteiger partial charge in [0.2, 0.25) is 0 Å². The summed E-state index contributed by atoms with van der Waals surface area (Å²) < 4.78 is 5.52. The summed E-state index contributed by atoms with van der Waals surface area (Å²) in [5.74, 6) is 2.53. The Hall–Kier alpha value is -2.79. The first-order chi connectivity index (χ1) is 12.3. The van der Waals surface area contributed by atoms with Gasteiger partial charge in [0, 0.05) is 23.1 Å². The first kappa shape index (κ1) is 15.7. The minimum Gasteiger partial charge on any atom is -0.496 e. The van der Waals surface area contributed by atoms with E-state index in [-0.39, 0.29) is 0 Å². The topological polar surface area (TPSA) is 50.8 Å². The molecule has 5 heteroatoms. The summed E-state index contributed by atoms with van der Waals surface area (Å²) in [7, 11) is 1.70. The molecule has 0 saturated heterocycles. The Labute approximate surface area is 150 Å². The molecule has 0 fully saturated rings. The highest BCUT2D eigenvalue weighted by molar-refractivity contribution is 7.98. The number of hydrogen-bond acceptors (Lipinski definition) is 4. The van der Waals surface area contributed by atoms with E-state index in [0.29, 0.717) is 0 Å². The summed E-state index contributed by atoms with van der Waals surface area (Å²) in [4.78, 5) is 12.4. The summed E-state index contributed by atoms with van der Waals surface area (Å²) in [5.41, 5.74) is 4.18. The number of H-pyrrole nitrogens is 1. The molecule has 1 N–H and O–H groups in total. The van der Waals surface area contributed by atoms with Crippen LogP contribution < -0.4 is 4.74 Å². The molecule has 0 spiro atoms. The van der Waals surface area contributed by atoms with Crippen molar-refractivity contribution in [2.75, 3.05) is 7.11 Å². The molecule has 0 aliphatic heterocycles. The van der Waals surface area contributed by atoms with Crippen molar-refractivity contribution in [3.8, 4) is 17.1 Å². The summed E-state index contributed by atoms with van der Waals surface area (Å²) in [5, 5.41) is 0.999. The van der Waals surface area contributed by atoms with E-state index in [1.54, 1.807) is 18.9 Å². The Morgan fingerprint density at radius 1 is 1.04 bits per heavy atom. The number of nitrogens with zero attached hydrogens (tertiary/aromatic N) is 2. The number of imidazole rings is 1. The third kappa shape index (κ3) is 3.37. The highest BCUT2D eigenvalue weighted by Gasteiger charge is 2.10. The minimum absolute atomic E-state index is 0.786. The van der Waals surface area contributed by atoms with Gasteiger partial charge in [-0.2, -0.15) is 0 Å². The number of nitrogens with one attached hydrogen (secondary N) is 1. The highest BCUT2D eigenvalue weighted by atomic mass is 32.2. The van der Waals surface area contributed by atoms with Gasteiger partial charge in [-0.25, -0.2) is 9.97 Å². The molecule has 25 heavy (non-hydrogen) atoms. The molecule has 4 aromatic rings. The summed E-state index contributed by atoms with van der Waals surface area (Å²) in [6, 6.07) is 20.1. The molecular formula is C20H17N3OS. The summed E-state index contributed by atoms with van der Waals surface area (Å²) in [6.45, 7) is 0. The van der Waals surface area contributed by atoms with Crippen LogP contribution in [-0.4, -0.2) is 22.1 Å². The predicted molar refractivity (Wildman–Crippen MR) is 102 cm³/mol. The van der Waals surface area contributed by atoms with E-state index in [4.69, 9.17) is 4.74 Å². The minimum atomic E-state index is 0.786. The van der Waals surface area contributed by atoms with Crippen molar-refractivity contribution in [2.24, 2.45) is 0 Å². The Morgan fingerprint density at radius 3 is 2.72 bits per heavy atom. The van der Waals surface area contributed by atoms with Crippen LogP contribution in [-0.2, 0) is 5.75 Å². The SMILES string of the molecule is COc1ccc(-c2nc3ccccc3[nH]2)cc1CSc1ccccn1. The van der Waals surface area contributed by atoms with E-state index in [9.17, 15) is 0 Å². The van der Waals surface area contributed by atoms with Gasteiger partial charge in [0.25, 0.3) is 0 Å². The Kier molecular flexibility index (Phi) is 4.39. The van der Waals surface area contributed by atoms with Crippen LogP contribution in [0.5, 0.6) is 5.75 Å². The fraction of sp³-hybridized carbons (Fsp3) is 0.100. The molecule has 4 nitrogen and oxygen atoms in total. The number of methoxy groups -OCH3 is 1. The molecule has 0 unspecified atom stereocenters. The van der Waals surface area contributed by atoms with E-state index in [2.05, 4.69) is 21.0 Å². The molecule has 4 rings (SSSR count). The lowest BCUT2D eigenvalue weighted by Crippen LogP contribution is -1.92. The lowest BCUT2D eigenvalue weighted by atomic mass is 10.1. The van der Waals surface area contributed by atoms with Crippen molar-refractivity contribution in [3.63, 3.8) is 0 Å². The van der Waals surface area contributed by atoms with E-state index in [1.165, 1.54) is 0 Å². The number of para-hydroxylation sites is 2. The second kappa shape index (κ2) is 6.99. The Bertz CT molecular complexity index is 965. The van der Waals surface area contributed by atoms with Crippen LogP contribution in [0.3, 0.4) is 0 Å². The maximum atomic E-state index is 5.52. The second-order valence-corrected chi connectivity index (χ2v) is 6.58. The molecule has 124 valence electrons. The van der Waals surface area contributed by atoms with Crippen molar-refractivity contribution in [2.45, 2.75) is 10.8 Å². The molecule has 0 saturated carbocycles. The number of rotatable bonds is 5. The molecule has 2 aromatic carbocycles. The summed E-state index contributed by atoms with van der Waals surface area (Å²) in [6.07, 6.45) is 1.81. The van der Waals surface area contributed by atoms with Gasteiger partial charge in [0.1, 0.15) is 11.6 Å². The van der Waals surface area contributed by atoms with Crippen LogP contribution in [0.4, 0.5) is 0 Å². The van der Waals surface area contributed by atoms with Gasteiger partial charge in [0.15, 0.2) is 0 Å². The quantitative estimate of drug-likeness (QED) is 0.520. The highest BCUT2D eigenvalue weighted by Crippen LogP contribution is 2.31.